The van der Waals surface area contributed by atoms with E-state index in [4.69, 9.17) is 4.74 Å². The SMILES string of the molecule is CN(C)/N=C/c1cc(=O)c(OCc2ccccc2)c[nH]1. The minimum atomic E-state index is -0.167. The Labute approximate surface area is 117 Å². The molecule has 1 heterocycles. The molecule has 0 bridgehead atoms. The van der Waals surface area contributed by atoms with Crippen LogP contribution in [0.2, 0.25) is 0 Å². The average molecular weight is 271 g/mol. The van der Waals surface area contributed by atoms with E-state index in [1.807, 2.05) is 44.4 Å². The molecule has 0 saturated carbocycles. The predicted octanol–water partition coefficient (Wildman–Crippen LogP) is 1.85. The Morgan fingerprint density at radius 2 is 2.05 bits per heavy atom. The summed E-state index contributed by atoms with van der Waals surface area (Å²) in [5, 5.41) is 5.71. The van der Waals surface area contributed by atoms with Crippen LogP contribution in [0.5, 0.6) is 5.75 Å². The molecule has 0 atom stereocenters. The zero-order valence-electron chi connectivity index (χ0n) is 11.5. The number of hydrogen-bond acceptors (Lipinski definition) is 4. The van der Waals surface area contributed by atoms with E-state index in [0.29, 0.717) is 18.1 Å². The summed E-state index contributed by atoms with van der Waals surface area (Å²) < 4.78 is 5.50. The van der Waals surface area contributed by atoms with E-state index in [2.05, 4.69) is 10.1 Å². The lowest BCUT2D eigenvalue weighted by atomic mass is 10.2. The van der Waals surface area contributed by atoms with Gasteiger partial charge in [-0.2, -0.15) is 5.10 Å². The van der Waals surface area contributed by atoms with Crippen LogP contribution in [0.15, 0.2) is 52.5 Å². The lowest BCUT2D eigenvalue weighted by Crippen LogP contribution is -2.10. The van der Waals surface area contributed by atoms with Crippen molar-refractivity contribution in [2.45, 2.75) is 6.61 Å². The summed E-state index contributed by atoms with van der Waals surface area (Å²) in [5.74, 6) is 0.302. The molecule has 1 aromatic heterocycles. The Morgan fingerprint density at radius 1 is 1.30 bits per heavy atom. The van der Waals surface area contributed by atoms with Crippen LogP contribution in [0.4, 0.5) is 0 Å². The summed E-state index contributed by atoms with van der Waals surface area (Å²) in [6.45, 7) is 0.370. The summed E-state index contributed by atoms with van der Waals surface area (Å²) in [7, 11) is 3.62. The molecule has 2 aromatic rings. The number of hydrogen-bond donors (Lipinski definition) is 1. The van der Waals surface area contributed by atoms with Gasteiger partial charge in [0.2, 0.25) is 5.43 Å². The molecule has 5 nitrogen and oxygen atoms in total. The topological polar surface area (TPSA) is 57.7 Å². The van der Waals surface area contributed by atoms with Crippen LogP contribution in [0.3, 0.4) is 0 Å². The molecule has 0 aliphatic heterocycles. The van der Waals surface area contributed by atoms with Crippen LogP contribution in [-0.2, 0) is 6.61 Å². The number of H-pyrrole nitrogens is 1. The minimum absolute atomic E-state index is 0.167. The molecule has 2 rings (SSSR count). The van der Waals surface area contributed by atoms with Gasteiger partial charge in [0.25, 0.3) is 0 Å². The molecule has 1 aromatic carbocycles. The van der Waals surface area contributed by atoms with Crippen LogP contribution in [0.1, 0.15) is 11.3 Å². The Morgan fingerprint density at radius 3 is 2.70 bits per heavy atom. The zero-order chi connectivity index (χ0) is 14.4. The molecule has 0 aliphatic carbocycles. The van der Waals surface area contributed by atoms with Gasteiger partial charge in [-0.1, -0.05) is 30.3 Å². The monoisotopic (exact) mass is 271 g/mol. The van der Waals surface area contributed by atoms with E-state index in [9.17, 15) is 4.79 Å². The van der Waals surface area contributed by atoms with E-state index < -0.39 is 0 Å². The molecule has 0 aliphatic rings. The maximum Gasteiger partial charge on any atom is 0.224 e. The highest BCUT2D eigenvalue weighted by atomic mass is 16.5. The number of hydrazone groups is 1. The second kappa shape index (κ2) is 6.56. The molecule has 0 radical (unpaired) electrons. The Kier molecular flexibility index (Phi) is 4.55. The molecule has 0 saturated heterocycles. The highest BCUT2D eigenvalue weighted by Gasteiger charge is 2.02. The van der Waals surface area contributed by atoms with Crippen molar-refractivity contribution in [3.8, 4) is 5.75 Å². The van der Waals surface area contributed by atoms with Gasteiger partial charge in [0, 0.05) is 26.4 Å². The van der Waals surface area contributed by atoms with Crippen LogP contribution in [-0.4, -0.2) is 30.3 Å². The van der Waals surface area contributed by atoms with Gasteiger partial charge in [0.1, 0.15) is 6.61 Å². The normalized spacial score (nSPS) is 10.7. The first-order chi connectivity index (χ1) is 9.65. The molecule has 0 amide bonds. The first kappa shape index (κ1) is 13.9. The van der Waals surface area contributed by atoms with E-state index in [-0.39, 0.29) is 5.43 Å². The molecule has 20 heavy (non-hydrogen) atoms. The standard InChI is InChI=1S/C15H17N3O2/c1-18(2)17-9-13-8-14(19)15(10-16-13)20-11-12-6-4-3-5-7-12/h3-10H,11H2,1-2H3,(H,16,19)/b17-9+. The third kappa shape index (κ3) is 3.98. The smallest absolute Gasteiger partial charge is 0.224 e. The fourth-order valence-corrected chi connectivity index (χ4v) is 1.57. The number of pyridine rings is 1. The zero-order valence-corrected chi connectivity index (χ0v) is 11.5. The average Bonchev–Trinajstić information content (AvgIpc) is 2.45. The van der Waals surface area contributed by atoms with Crippen LogP contribution in [0.25, 0.3) is 0 Å². The maximum absolute atomic E-state index is 11.9. The largest absolute Gasteiger partial charge is 0.483 e. The molecule has 0 unspecified atom stereocenters. The number of aromatic nitrogens is 1. The number of rotatable bonds is 5. The maximum atomic E-state index is 11.9. The van der Waals surface area contributed by atoms with Gasteiger partial charge in [-0.05, 0) is 5.56 Å². The number of aromatic amines is 1. The van der Waals surface area contributed by atoms with Gasteiger partial charge in [0.05, 0.1) is 11.9 Å². The van der Waals surface area contributed by atoms with Crippen molar-refractivity contribution in [3.05, 3.63) is 64.1 Å². The lowest BCUT2D eigenvalue weighted by Gasteiger charge is -2.06. The number of benzene rings is 1. The number of nitrogens with one attached hydrogen (secondary N) is 1. The third-order valence-corrected chi connectivity index (χ3v) is 2.56. The molecule has 0 spiro atoms. The molecular formula is C15H17N3O2. The van der Waals surface area contributed by atoms with Gasteiger partial charge in [-0.25, -0.2) is 0 Å². The third-order valence-electron chi connectivity index (χ3n) is 2.56. The minimum Gasteiger partial charge on any atom is -0.483 e. The first-order valence-corrected chi connectivity index (χ1v) is 6.26. The molecule has 104 valence electrons. The van der Waals surface area contributed by atoms with E-state index in [1.54, 1.807) is 17.4 Å². The number of ether oxygens (including phenoxy) is 1. The Hall–Kier alpha value is -2.56. The van der Waals surface area contributed by atoms with E-state index in [1.165, 1.54) is 6.07 Å². The van der Waals surface area contributed by atoms with Crippen molar-refractivity contribution in [3.63, 3.8) is 0 Å². The second-order valence-corrected chi connectivity index (χ2v) is 4.48. The summed E-state index contributed by atoms with van der Waals surface area (Å²) in [6.07, 6.45) is 3.14. The Bertz CT molecular complexity index is 633. The van der Waals surface area contributed by atoms with Crippen molar-refractivity contribution in [1.82, 2.24) is 9.99 Å². The summed E-state index contributed by atoms with van der Waals surface area (Å²) in [5.41, 5.74) is 1.49. The van der Waals surface area contributed by atoms with Gasteiger partial charge >= 0.3 is 0 Å². The summed E-state index contributed by atoms with van der Waals surface area (Å²) in [6, 6.07) is 11.2. The quantitative estimate of drug-likeness (QED) is 0.667. The summed E-state index contributed by atoms with van der Waals surface area (Å²) in [4.78, 5) is 14.9. The van der Waals surface area contributed by atoms with Crippen molar-refractivity contribution in [2.75, 3.05) is 14.1 Å². The highest BCUT2D eigenvalue weighted by molar-refractivity contribution is 5.76. The molecule has 5 heteroatoms. The molecule has 0 fully saturated rings. The number of nitrogens with zero attached hydrogens (tertiary/aromatic N) is 2. The van der Waals surface area contributed by atoms with Gasteiger partial charge < -0.3 is 14.7 Å². The van der Waals surface area contributed by atoms with Crippen molar-refractivity contribution in [1.29, 1.82) is 0 Å². The van der Waals surface area contributed by atoms with Crippen molar-refractivity contribution >= 4 is 6.21 Å². The molecular weight excluding hydrogens is 254 g/mol. The highest BCUT2D eigenvalue weighted by Crippen LogP contribution is 2.06. The summed E-state index contributed by atoms with van der Waals surface area (Å²) >= 11 is 0. The van der Waals surface area contributed by atoms with Crippen molar-refractivity contribution in [2.24, 2.45) is 5.10 Å². The van der Waals surface area contributed by atoms with Crippen LogP contribution >= 0.6 is 0 Å². The van der Waals surface area contributed by atoms with Gasteiger partial charge in [0.15, 0.2) is 5.75 Å². The van der Waals surface area contributed by atoms with Crippen LogP contribution in [0, 0.1) is 0 Å². The van der Waals surface area contributed by atoms with Crippen LogP contribution < -0.4 is 10.2 Å². The van der Waals surface area contributed by atoms with E-state index in [0.717, 1.165) is 5.56 Å². The van der Waals surface area contributed by atoms with E-state index >= 15 is 0 Å². The van der Waals surface area contributed by atoms with Crippen molar-refractivity contribution < 1.29 is 4.74 Å². The Balaban J connectivity index is 2.05. The molecule has 1 N–H and O–H groups in total. The fourth-order valence-electron chi connectivity index (χ4n) is 1.57. The van der Waals surface area contributed by atoms with Gasteiger partial charge in [-0.15, -0.1) is 0 Å². The second-order valence-electron chi connectivity index (χ2n) is 4.48. The fraction of sp³-hybridized carbons (Fsp3) is 0.200. The predicted molar refractivity (Wildman–Crippen MR) is 79.1 cm³/mol. The first-order valence-electron chi connectivity index (χ1n) is 6.26. The lowest BCUT2D eigenvalue weighted by molar-refractivity contribution is 0.302. The van der Waals surface area contributed by atoms with Gasteiger partial charge in [-0.3, -0.25) is 4.79 Å².